The van der Waals surface area contributed by atoms with Crippen molar-refractivity contribution in [1.82, 2.24) is 0 Å². The highest BCUT2D eigenvalue weighted by molar-refractivity contribution is 7.92. The van der Waals surface area contributed by atoms with Crippen LogP contribution in [0.15, 0.2) is 79.4 Å². The van der Waals surface area contributed by atoms with Gasteiger partial charge in [0, 0.05) is 11.3 Å². The Kier molecular flexibility index (Phi) is 7.55. The van der Waals surface area contributed by atoms with Gasteiger partial charge < -0.3 is 10.1 Å². The molecule has 0 fully saturated rings. The van der Waals surface area contributed by atoms with E-state index in [-0.39, 0.29) is 12.5 Å². The second-order valence-corrected chi connectivity index (χ2v) is 9.74. The zero-order valence-corrected chi connectivity index (χ0v) is 19.9. The van der Waals surface area contributed by atoms with E-state index in [1.165, 1.54) is 10.6 Å². The molecule has 172 valence electrons. The molecule has 0 spiro atoms. The third-order valence-electron chi connectivity index (χ3n) is 5.06. The maximum Gasteiger partial charge on any atom is 0.255 e. The summed E-state index contributed by atoms with van der Waals surface area (Å²) >= 11 is 0. The minimum Gasteiger partial charge on any atom is -0.490 e. The number of hydrogen-bond acceptors (Lipinski definition) is 4. The molecule has 0 saturated heterocycles. The summed E-state index contributed by atoms with van der Waals surface area (Å²) in [4.78, 5) is 12.6. The van der Waals surface area contributed by atoms with Gasteiger partial charge in [0.15, 0.2) is 0 Å². The molecule has 0 aliphatic carbocycles. The molecular weight excluding hydrogens is 436 g/mol. The number of hydrogen-bond donors (Lipinski definition) is 1. The SMILES string of the molecule is C=CCOc1ccc(NC(=O)c2ccc(CN(c3cc(C)ccc3C)S(C)(=O)=O)cc2)cc1. The van der Waals surface area contributed by atoms with Crippen LogP contribution in [-0.4, -0.2) is 27.2 Å². The van der Waals surface area contributed by atoms with Gasteiger partial charge in [0.25, 0.3) is 5.91 Å². The van der Waals surface area contributed by atoms with E-state index >= 15 is 0 Å². The number of sulfonamides is 1. The van der Waals surface area contributed by atoms with Crippen molar-refractivity contribution in [2.75, 3.05) is 22.5 Å². The number of benzene rings is 3. The summed E-state index contributed by atoms with van der Waals surface area (Å²) in [5, 5.41) is 2.84. The largest absolute Gasteiger partial charge is 0.490 e. The van der Waals surface area contributed by atoms with Crippen LogP contribution in [0.3, 0.4) is 0 Å². The quantitative estimate of drug-likeness (QED) is 0.448. The third-order valence-corrected chi connectivity index (χ3v) is 6.18. The van der Waals surface area contributed by atoms with Crippen molar-refractivity contribution < 1.29 is 17.9 Å². The summed E-state index contributed by atoms with van der Waals surface area (Å²) in [6.45, 7) is 8.02. The molecule has 33 heavy (non-hydrogen) atoms. The number of nitrogens with zero attached hydrogens (tertiary/aromatic N) is 1. The summed E-state index contributed by atoms with van der Waals surface area (Å²) < 4.78 is 31.8. The van der Waals surface area contributed by atoms with Crippen molar-refractivity contribution in [3.8, 4) is 5.75 Å². The molecule has 1 N–H and O–H groups in total. The maximum atomic E-state index is 12.6. The molecule has 7 heteroatoms. The second-order valence-electron chi connectivity index (χ2n) is 7.83. The Morgan fingerprint density at radius 1 is 1.03 bits per heavy atom. The van der Waals surface area contributed by atoms with Crippen LogP contribution in [0.5, 0.6) is 5.75 Å². The maximum absolute atomic E-state index is 12.6. The van der Waals surface area contributed by atoms with E-state index in [4.69, 9.17) is 4.74 Å². The van der Waals surface area contributed by atoms with Gasteiger partial charge in [-0.05, 0) is 73.0 Å². The second kappa shape index (κ2) is 10.4. The average Bonchev–Trinajstić information content (AvgIpc) is 2.78. The van der Waals surface area contributed by atoms with Crippen LogP contribution in [0.4, 0.5) is 11.4 Å². The molecule has 0 atom stereocenters. The van der Waals surface area contributed by atoms with Crippen molar-refractivity contribution in [2.45, 2.75) is 20.4 Å². The van der Waals surface area contributed by atoms with E-state index in [1.807, 2.05) is 32.0 Å². The van der Waals surface area contributed by atoms with E-state index in [0.717, 1.165) is 16.7 Å². The van der Waals surface area contributed by atoms with Crippen molar-refractivity contribution >= 4 is 27.3 Å². The molecule has 0 aromatic heterocycles. The number of ether oxygens (including phenoxy) is 1. The monoisotopic (exact) mass is 464 g/mol. The van der Waals surface area contributed by atoms with Crippen LogP contribution in [0.2, 0.25) is 0 Å². The Hall–Kier alpha value is -3.58. The van der Waals surface area contributed by atoms with E-state index in [9.17, 15) is 13.2 Å². The van der Waals surface area contributed by atoms with Gasteiger partial charge in [0.2, 0.25) is 10.0 Å². The van der Waals surface area contributed by atoms with Crippen LogP contribution in [0.25, 0.3) is 0 Å². The van der Waals surface area contributed by atoms with Crippen LogP contribution in [-0.2, 0) is 16.6 Å². The first kappa shape index (κ1) is 24.1. The first-order valence-electron chi connectivity index (χ1n) is 10.5. The summed E-state index contributed by atoms with van der Waals surface area (Å²) in [7, 11) is -3.49. The lowest BCUT2D eigenvalue weighted by Gasteiger charge is -2.25. The number of nitrogens with one attached hydrogen (secondary N) is 1. The summed E-state index contributed by atoms with van der Waals surface area (Å²) in [6, 6.07) is 19.7. The molecule has 3 aromatic rings. The van der Waals surface area contributed by atoms with Gasteiger partial charge in [-0.25, -0.2) is 8.42 Å². The van der Waals surface area contributed by atoms with E-state index < -0.39 is 10.0 Å². The zero-order chi connectivity index (χ0) is 24.0. The van der Waals surface area contributed by atoms with Crippen molar-refractivity contribution in [3.05, 3.63) is 102 Å². The van der Waals surface area contributed by atoms with Gasteiger partial charge in [0.1, 0.15) is 12.4 Å². The highest BCUT2D eigenvalue weighted by Crippen LogP contribution is 2.26. The third kappa shape index (κ3) is 6.46. The van der Waals surface area contributed by atoms with Crippen LogP contribution in [0, 0.1) is 13.8 Å². The van der Waals surface area contributed by atoms with Gasteiger partial charge in [-0.3, -0.25) is 9.10 Å². The van der Waals surface area contributed by atoms with E-state index in [0.29, 0.717) is 29.3 Å². The van der Waals surface area contributed by atoms with E-state index in [2.05, 4.69) is 11.9 Å². The average molecular weight is 465 g/mol. The minimum absolute atomic E-state index is 0.178. The molecular formula is C26H28N2O4S. The molecule has 3 aromatic carbocycles. The highest BCUT2D eigenvalue weighted by atomic mass is 32.2. The summed E-state index contributed by atoms with van der Waals surface area (Å²) in [6.07, 6.45) is 2.86. The van der Waals surface area contributed by atoms with Crippen molar-refractivity contribution in [3.63, 3.8) is 0 Å². The van der Waals surface area contributed by atoms with Gasteiger partial charge in [-0.15, -0.1) is 0 Å². The molecule has 1 amide bonds. The predicted molar refractivity (Wildman–Crippen MR) is 133 cm³/mol. The number of anilines is 2. The Balaban J connectivity index is 1.72. The Morgan fingerprint density at radius 2 is 1.70 bits per heavy atom. The Morgan fingerprint density at radius 3 is 2.30 bits per heavy atom. The molecule has 0 aliphatic rings. The lowest BCUT2D eigenvalue weighted by molar-refractivity contribution is 0.102. The van der Waals surface area contributed by atoms with Gasteiger partial charge >= 0.3 is 0 Å². The number of aryl methyl sites for hydroxylation is 2. The normalized spacial score (nSPS) is 11.0. The fourth-order valence-electron chi connectivity index (χ4n) is 3.29. The molecule has 0 radical (unpaired) electrons. The van der Waals surface area contributed by atoms with Crippen molar-refractivity contribution in [2.24, 2.45) is 0 Å². The molecule has 0 aliphatic heterocycles. The molecule has 6 nitrogen and oxygen atoms in total. The highest BCUT2D eigenvalue weighted by Gasteiger charge is 2.20. The number of carbonyl (C=O) groups is 1. The van der Waals surface area contributed by atoms with Gasteiger partial charge in [-0.2, -0.15) is 0 Å². The summed E-state index contributed by atoms with van der Waals surface area (Å²) in [5.41, 5.74) is 4.41. The predicted octanol–water partition coefficient (Wildman–Crippen LogP) is 5.09. The molecule has 0 heterocycles. The Bertz CT molecular complexity index is 1230. The number of carbonyl (C=O) groups excluding carboxylic acids is 1. The van der Waals surface area contributed by atoms with Gasteiger partial charge in [-0.1, -0.05) is 36.9 Å². The van der Waals surface area contributed by atoms with Crippen LogP contribution < -0.4 is 14.4 Å². The molecule has 3 rings (SSSR count). The van der Waals surface area contributed by atoms with E-state index in [1.54, 1.807) is 54.6 Å². The smallest absolute Gasteiger partial charge is 0.255 e. The lowest BCUT2D eigenvalue weighted by Crippen LogP contribution is -2.30. The number of amides is 1. The fraction of sp³-hybridized carbons (Fsp3) is 0.192. The molecule has 0 saturated carbocycles. The van der Waals surface area contributed by atoms with Crippen LogP contribution >= 0.6 is 0 Å². The minimum atomic E-state index is -3.49. The Labute approximate surface area is 195 Å². The van der Waals surface area contributed by atoms with Gasteiger partial charge in [0.05, 0.1) is 18.5 Å². The molecule has 0 bridgehead atoms. The summed E-state index contributed by atoms with van der Waals surface area (Å²) in [5.74, 6) is 0.437. The number of rotatable bonds is 9. The zero-order valence-electron chi connectivity index (χ0n) is 19.0. The standard InChI is InChI=1S/C26H28N2O4S/c1-5-16-32-24-14-12-23(13-15-24)27-26(29)22-10-8-21(9-11-22)18-28(33(4,30)31)25-17-19(2)6-7-20(25)3/h5-15,17H,1,16,18H2,2-4H3,(H,27,29). The van der Waals surface area contributed by atoms with Crippen molar-refractivity contribution in [1.29, 1.82) is 0 Å². The fourth-order valence-corrected chi connectivity index (χ4v) is 4.23. The molecule has 0 unspecified atom stereocenters. The first-order chi connectivity index (χ1) is 15.7. The first-order valence-corrected chi connectivity index (χ1v) is 12.3. The van der Waals surface area contributed by atoms with Crippen LogP contribution in [0.1, 0.15) is 27.0 Å². The lowest BCUT2D eigenvalue weighted by atomic mass is 10.1. The topological polar surface area (TPSA) is 75.7 Å².